The highest BCUT2D eigenvalue weighted by Gasteiger charge is 2.12. The van der Waals surface area contributed by atoms with Gasteiger partial charge in [-0.05, 0) is 22.4 Å². The number of nitrogens with two attached hydrogens (primary N) is 1. The minimum atomic E-state index is -0.322. The van der Waals surface area contributed by atoms with Crippen molar-refractivity contribution in [1.29, 1.82) is 0 Å². The standard InChI is InChI=1S/C11H13BrN6O/c12-8-6-16-10(13)9(17-8)11(19)15-2-1-4-18-5-3-14-7-18/h3,5-7H,1-2,4H2,(H2,13,16)(H,15,19). The molecule has 0 spiro atoms. The third-order valence-electron chi connectivity index (χ3n) is 2.42. The van der Waals surface area contributed by atoms with Gasteiger partial charge in [-0.2, -0.15) is 0 Å². The third-order valence-corrected chi connectivity index (χ3v) is 2.81. The maximum absolute atomic E-state index is 11.8. The lowest BCUT2D eigenvalue weighted by molar-refractivity contribution is 0.0948. The minimum absolute atomic E-state index is 0.121. The number of nitrogen functional groups attached to an aromatic ring is 1. The topological polar surface area (TPSA) is 98.7 Å². The SMILES string of the molecule is Nc1ncc(Br)nc1C(=O)NCCCn1ccnc1. The van der Waals surface area contributed by atoms with Crippen molar-refractivity contribution < 1.29 is 4.79 Å². The Balaban J connectivity index is 1.82. The lowest BCUT2D eigenvalue weighted by Gasteiger charge is -2.06. The Kier molecular flexibility index (Phi) is 4.45. The number of aromatic nitrogens is 4. The fourth-order valence-corrected chi connectivity index (χ4v) is 1.79. The number of nitrogens with zero attached hydrogens (tertiary/aromatic N) is 4. The Hall–Kier alpha value is -1.96. The van der Waals surface area contributed by atoms with Gasteiger partial charge in [0, 0.05) is 25.5 Å². The maximum Gasteiger partial charge on any atom is 0.273 e. The minimum Gasteiger partial charge on any atom is -0.382 e. The summed E-state index contributed by atoms with van der Waals surface area (Å²) in [6.07, 6.45) is 7.57. The average molecular weight is 325 g/mol. The van der Waals surface area contributed by atoms with Crippen LogP contribution in [-0.2, 0) is 6.54 Å². The molecule has 19 heavy (non-hydrogen) atoms. The molecule has 7 nitrogen and oxygen atoms in total. The van der Waals surface area contributed by atoms with Gasteiger partial charge in [0.1, 0.15) is 4.60 Å². The van der Waals surface area contributed by atoms with Crippen LogP contribution < -0.4 is 11.1 Å². The number of anilines is 1. The number of imidazole rings is 1. The second-order valence-electron chi connectivity index (χ2n) is 3.84. The normalized spacial score (nSPS) is 10.4. The molecule has 0 saturated heterocycles. The molecule has 2 aromatic rings. The van der Waals surface area contributed by atoms with E-state index in [2.05, 4.69) is 36.2 Å². The fourth-order valence-electron chi connectivity index (χ4n) is 1.51. The predicted molar refractivity (Wildman–Crippen MR) is 73.3 cm³/mol. The van der Waals surface area contributed by atoms with Gasteiger partial charge in [0.05, 0.1) is 12.5 Å². The molecule has 3 N–H and O–H groups in total. The van der Waals surface area contributed by atoms with Gasteiger partial charge in [-0.25, -0.2) is 15.0 Å². The highest BCUT2D eigenvalue weighted by molar-refractivity contribution is 9.10. The molecule has 0 aliphatic carbocycles. The molecule has 2 aromatic heterocycles. The van der Waals surface area contributed by atoms with Crippen LogP contribution in [0.3, 0.4) is 0 Å². The molecule has 8 heteroatoms. The van der Waals surface area contributed by atoms with E-state index in [1.54, 1.807) is 12.5 Å². The molecule has 0 aromatic carbocycles. The van der Waals surface area contributed by atoms with Gasteiger partial charge in [0.25, 0.3) is 5.91 Å². The molecule has 0 aliphatic rings. The highest BCUT2D eigenvalue weighted by atomic mass is 79.9. The first kappa shape index (κ1) is 13.5. The van der Waals surface area contributed by atoms with Crippen molar-refractivity contribution in [3.63, 3.8) is 0 Å². The van der Waals surface area contributed by atoms with Gasteiger partial charge >= 0.3 is 0 Å². The molecule has 100 valence electrons. The van der Waals surface area contributed by atoms with Crippen molar-refractivity contribution in [2.45, 2.75) is 13.0 Å². The molecule has 0 fully saturated rings. The molecule has 2 heterocycles. The zero-order valence-electron chi connectivity index (χ0n) is 10.1. The van der Waals surface area contributed by atoms with E-state index in [0.717, 1.165) is 13.0 Å². The average Bonchev–Trinajstić information content (AvgIpc) is 2.90. The van der Waals surface area contributed by atoms with Crippen LogP contribution in [0.1, 0.15) is 16.9 Å². The number of hydrogen-bond donors (Lipinski definition) is 2. The first-order valence-corrected chi connectivity index (χ1v) is 6.48. The number of carbonyl (C=O) groups excluding carboxylic acids is 1. The highest BCUT2D eigenvalue weighted by Crippen LogP contribution is 2.10. The number of aryl methyl sites for hydroxylation is 1. The van der Waals surface area contributed by atoms with Gasteiger partial charge in [-0.15, -0.1) is 0 Å². The lowest BCUT2D eigenvalue weighted by atomic mass is 10.3. The van der Waals surface area contributed by atoms with Crippen LogP contribution in [0, 0.1) is 0 Å². The van der Waals surface area contributed by atoms with E-state index in [1.165, 1.54) is 6.20 Å². The zero-order chi connectivity index (χ0) is 13.7. The summed E-state index contributed by atoms with van der Waals surface area (Å²) in [5.74, 6) is -0.202. The molecular formula is C11H13BrN6O. The summed E-state index contributed by atoms with van der Waals surface area (Å²) in [7, 11) is 0. The van der Waals surface area contributed by atoms with Gasteiger partial charge in [0.15, 0.2) is 11.5 Å². The van der Waals surface area contributed by atoms with Gasteiger partial charge in [-0.3, -0.25) is 4.79 Å². The monoisotopic (exact) mass is 324 g/mol. The smallest absolute Gasteiger partial charge is 0.273 e. The van der Waals surface area contributed by atoms with Crippen molar-refractivity contribution in [2.24, 2.45) is 0 Å². The molecule has 0 atom stereocenters. The summed E-state index contributed by atoms with van der Waals surface area (Å²) in [6.45, 7) is 1.32. The second kappa shape index (κ2) is 6.28. The van der Waals surface area contributed by atoms with Crippen LogP contribution in [0.25, 0.3) is 0 Å². The van der Waals surface area contributed by atoms with Crippen molar-refractivity contribution in [3.05, 3.63) is 35.2 Å². The lowest BCUT2D eigenvalue weighted by Crippen LogP contribution is -2.27. The first-order chi connectivity index (χ1) is 9.16. The summed E-state index contributed by atoms with van der Waals surface area (Å²) in [5.41, 5.74) is 5.74. The van der Waals surface area contributed by atoms with Crippen molar-refractivity contribution >= 4 is 27.7 Å². The van der Waals surface area contributed by atoms with Crippen LogP contribution in [0.2, 0.25) is 0 Å². The molecule has 0 saturated carbocycles. The summed E-state index contributed by atoms with van der Waals surface area (Å²) >= 11 is 3.15. The Morgan fingerprint density at radius 1 is 1.53 bits per heavy atom. The molecule has 0 bridgehead atoms. The number of hydrogen-bond acceptors (Lipinski definition) is 5. The number of halogens is 1. The summed E-state index contributed by atoms with van der Waals surface area (Å²) < 4.78 is 2.42. The predicted octanol–water partition coefficient (Wildman–Crippen LogP) is 0.838. The van der Waals surface area contributed by atoms with E-state index >= 15 is 0 Å². The van der Waals surface area contributed by atoms with E-state index in [9.17, 15) is 4.79 Å². The maximum atomic E-state index is 11.8. The van der Waals surface area contributed by atoms with E-state index < -0.39 is 0 Å². The Morgan fingerprint density at radius 3 is 3.11 bits per heavy atom. The largest absolute Gasteiger partial charge is 0.382 e. The molecule has 2 rings (SSSR count). The van der Waals surface area contributed by atoms with Crippen LogP contribution in [0.15, 0.2) is 29.5 Å². The Morgan fingerprint density at radius 2 is 2.37 bits per heavy atom. The summed E-state index contributed by atoms with van der Waals surface area (Å²) in [4.78, 5) is 23.7. The van der Waals surface area contributed by atoms with Gasteiger partial charge in [-0.1, -0.05) is 0 Å². The van der Waals surface area contributed by atoms with E-state index in [0.29, 0.717) is 11.1 Å². The Labute approximate surface area is 118 Å². The van der Waals surface area contributed by atoms with E-state index in [4.69, 9.17) is 5.73 Å². The third kappa shape index (κ3) is 3.75. The number of nitrogens with one attached hydrogen (secondary N) is 1. The summed E-state index contributed by atoms with van der Waals surface area (Å²) in [5, 5.41) is 2.75. The second-order valence-corrected chi connectivity index (χ2v) is 4.65. The van der Waals surface area contributed by atoms with Crippen LogP contribution in [0.4, 0.5) is 5.82 Å². The molecule has 0 aliphatic heterocycles. The summed E-state index contributed by atoms with van der Waals surface area (Å²) in [6, 6.07) is 0. The molecular weight excluding hydrogens is 312 g/mol. The van der Waals surface area contributed by atoms with E-state index in [-0.39, 0.29) is 17.4 Å². The molecule has 0 unspecified atom stereocenters. The molecule has 1 amide bonds. The van der Waals surface area contributed by atoms with Gasteiger partial charge < -0.3 is 15.6 Å². The van der Waals surface area contributed by atoms with Crippen molar-refractivity contribution in [3.8, 4) is 0 Å². The molecule has 0 radical (unpaired) electrons. The Bertz CT molecular complexity index is 556. The van der Waals surface area contributed by atoms with E-state index in [1.807, 2.05) is 10.8 Å². The van der Waals surface area contributed by atoms with Crippen LogP contribution >= 0.6 is 15.9 Å². The first-order valence-electron chi connectivity index (χ1n) is 5.69. The van der Waals surface area contributed by atoms with Crippen LogP contribution in [0.5, 0.6) is 0 Å². The fraction of sp³-hybridized carbons (Fsp3) is 0.273. The number of rotatable bonds is 5. The van der Waals surface area contributed by atoms with Crippen molar-refractivity contribution in [2.75, 3.05) is 12.3 Å². The quantitative estimate of drug-likeness (QED) is 0.794. The van der Waals surface area contributed by atoms with Crippen molar-refractivity contribution in [1.82, 2.24) is 24.8 Å². The zero-order valence-corrected chi connectivity index (χ0v) is 11.7. The number of carbonyl (C=O) groups is 1. The van der Waals surface area contributed by atoms with Crippen LogP contribution in [-0.4, -0.2) is 32.0 Å². The number of amides is 1. The van der Waals surface area contributed by atoms with Gasteiger partial charge in [0.2, 0.25) is 0 Å².